The molecule has 0 spiro atoms. The van der Waals surface area contributed by atoms with E-state index in [1.807, 2.05) is 6.07 Å². The highest BCUT2D eigenvalue weighted by atomic mass is 16.3. The summed E-state index contributed by atoms with van der Waals surface area (Å²) >= 11 is 0. The third-order valence-electron chi connectivity index (χ3n) is 12.3. The number of rotatable bonds is 7. The number of nitrogens with zero attached hydrogens (tertiary/aromatic N) is 2. The minimum atomic E-state index is -0.384. The number of amidine groups is 1. The smallest absolute Gasteiger partial charge is 0.137 e. The van der Waals surface area contributed by atoms with Crippen LogP contribution in [-0.4, -0.2) is 10.4 Å². The molecule has 2 unspecified atom stereocenters. The largest absolute Gasteiger partial charge is 0.456 e. The van der Waals surface area contributed by atoms with E-state index in [1.165, 1.54) is 38.6 Å². The number of aromatic nitrogens is 1. The van der Waals surface area contributed by atoms with E-state index in [9.17, 15) is 0 Å². The quantitative estimate of drug-likeness (QED) is 0.169. The highest BCUT2D eigenvalue weighted by Crippen LogP contribution is 2.44. The van der Waals surface area contributed by atoms with Crippen LogP contribution in [0.3, 0.4) is 0 Å². The summed E-state index contributed by atoms with van der Waals surface area (Å²) in [6.07, 6.45) is -0.591. The summed E-state index contributed by atoms with van der Waals surface area (Å²) in [4.78, 5) is 5.42. The van der Waals surface area contributed by atoms with Gasteiger partial charge in [-0.1, -0.05) is 182 Å². The number of hydrogen-bond donors (Lipinski definition) is 2. The molecule has 2 aromatic heterocycles. The molecule has 294 valence electrons. The fraction of sp³-hybridized carbons (Fsp3) is 0.0351. The lowest BCUT2D eigenvalue weighted by Crippen LogP contribution is -2.45. The molecule has 1 aliphatic rings. The molecule has 5 nitrogen and oxygen atoms in total. The maximum Gasteiger partial charge on any atom is 0.137 e. The van der Waals surface area contributed by atoms with Gasteiger partial charge in [0.1, 0.15) is 29.3 Å². The van der Waals surface area contributed by atoms with Crippen LogP contribution in [0.2, 0.25) is 0 Å². The average Bonchev–Trinajstić information content (AvgIpc) is 3.91. The maximum absolute atomic E-state index is 6.79. The number of fused-ring (bicyclic) bond motifs is 7. The van der Waals surface area contributed by atoms with Crippen LogP contribution in [0.25, 0.3) is 82.8 Å². The van der Waals surface area contributed by atoms with E-state index < -0.39 is 0 Å². The Kier molecular flexibility index (Phi) is 8.65. The lowest BCUT2D eigenvalue weighted by atomic mass is 9.99. The Hall–Kier alpha value is -7.99. The van der Waals surface area contributed by atoms with Crippen LogP contribution in [0.15, 0.2) is 228 Å². The predicted octanol–water partition coefficient (Wildman–Crippen LogP) is 14.0. The lowest BCUT2D eigenvalue weighted by molar-refractivity contribution is 0.410. The fourth-order valence-electron chi connectivity index (χ4n) is 9.32. The van der Waals surface area contributed by atoms with Gasteiger partial charge >= 0.3 is 0 Å². The van der Waals surface area contributed by atoms with Crippen molar-refractivity contribution in [3.8, 4) is 39.1 Å². The average molecular weight is 797 g/mol. The van der Waals surface area contributed by atoms with Gasteiger partial charge in [0.05, 0.1) is 16.4 Å². The van der Waals surface area contributed by atoms with Gasteiger partial charge in [-0.2, -0.15) is 0 Å². The SMILES string of the molecule is c1ccc(C2=NC(c3cccc4oc5ccc6c7ccccc7n(-c7cccc(-c8ccc(-c9ccccc9)cc8)c7)c6c5c34)NC(c3ccc(-c4ccccc4)cc3)N2)cc1. The van der Waals surface area contributed by atoms with Crippen LogP contribution in [0, 0.1) is 0 Å². The zero-order valence-corrected chi connectivity index (χ0v) is 33.7. The molecule has 0 saturated carbocycles. The lowest BCUT2D eigenvalue weighted by Gasteiger charge is -2.32. The molecule has 12 rings (SSSR count). The summed E-state index contributed by atoms with van der Waals surface area (Å²) in [6, 6.07) is 77.5. The second kappa shape index (κ2) is 14.9. The van der Waals surface area contributed by atoms with Crippen molar-refractivity contribution >= 4 is 49.6 Å². The van der Waals surface area contributed by atoms with Crippen molar-refractivity contribution in [2.24, 2.45) is 4.99 Å². The summed E-state index contributed by atoms with van der Waals surface area (Å²) in [6.45, 7) is 0. The Bertz CT molecular complexity index is 3440. The number of para-hydroxylation sites is 1. The monoisotopic (exact) mass is 796 g/mol. The van der Waals surface area contributed by atoms with Crippen molar-refractivity contribution in [2.45, 2.75) is 12.3 Å². The first-order chi connectivity index (χ1) is 30.7. The normalized spacial score (nSPS) is 15.3. The van der Waals surface area contributed by atoms with Crippen molar-refractivity contribution in [3.63, 3.8) is 0 Å². The van der Waals surface area contributed by atoms with Crippen LogP contribution < -0.4 is 10.6 Å². The molecular weight excluding hydrogens is 757 g/mol. The minimum Gasteiger partial charge on any atom is -0.456 e. The van der Waals surface area contributed by atoms with Gasteiger partial charge < -0.3 is 14.3 Å². The third kappa shape index (κ3) is 6.18. The molecular formula is C57H40N4O. The first-order valence-electron chi connectivity index (χ1n) is 21.2. The fourth-order valence-corrected chi connectivity index (χ4v) is 9.32. The van der Waals surface area contributed by atoms with Crippen molar-refractivity contribution in [1.29, 1.82) is 0 Å². The van der Waals surface area contributed by atoms with E-state index in [4.69, 9.17) is 9.41 Å². The zero-order chi connectivity index (χ0) is 41.0. The number of aliphatic imine (C=N–C) groups is 1. The number of benzene rings is 9. The molecule has 0 radical (unpaired) electrons. The van der Waals surface area contributed by atoms with E-state index in [0.717, 1.165) is 66.7 Å². The highest BCUT2D eigenvalue weighted by Gasteiger charge is 2.29. The van der Waals surface area contributed by atoms with Crippen LogP contribution in [-0.2, 0) is 0 Å². The van der Waals surface area contributed by atoms with Crippen LogP contribution in [0.1, 0.15) is 29.0 Å². The van der Waals surface area contributed by atoms with E-state index in [2.05, 4.69) is 228 Å². The molecule has 11 aromatic rings. The van der Waals surface area contributed by atoms with Gasteiger partial charge in [-0.15, -0.1) is 0 Å². The second-order valence-electron chi connectivity index (χ2n) is 16.0. The van der Waals surface area contributed by atoms with Gasteiger partial charge in [-0.25, -0.2) is 4.99 Å². The van der Waals surface area contributed by atoms with Crippen LogP contribution in [0.4, 0.5) is 0 Å². The van der Waals surface area contributed by atoms with Gasteiger partial charge in [-0.3, -0.25) is 5.32 Å². The molecule has 2 N–H and O–H groups in total. The van der Waals surface area contributed by atoms with Gasteiger partial charge in [0.25, 0.3) is 0 Å². The molecule has 9 aromatic carbocycles. The summed E-state index contributed by atoms with van der Waals surface area (Å²) in [5.41, 5.74) is 15.3. The van der Waals surface area contributed by atoms with Gasteiger partial charge in [-0.05, 0) is 75.3 Å². The Morgan fingerprint density at radius 3 is 1.71 bits per heavy atom. The zero-order valence-electron chi connectivity index (χ0n) is 33.7. The molecule has 0 saturated heterocycles. The first kappa shape index (κ1) is 35.9. The second-order valence-corrected chi connectivity index (χ2v) is 16.0. The van der Waals surface area contributed by atoms with Crippen molar-refractivity contribution in [2.75, 3.05) is 0 Å². The molecule has 3 heterocycles. The van der Waals surface area contributed by atoms with Crippen LogP contribution >= 0.6 is 0 Å². The van der Waals surface area contributed by atoms with Crippen molar-refractivity contribution in [3.05, 3.63) is 235 Å². The molecule has 0 aliphatic carbocycles. The molecule has 2 atom stereocenters. The van der Waals surface area contributed by atoms with E-state index in [0.29, 0.717) is 0 Å². The standard InChI is InChI=1S/C57H40N4O/c1-4-14-37(15-5-1)39-26-28-41(29-27-39)44-20-12-21-45(36-44)61-49-24-11-10-22-46(49)47-34-35-51-53(54(47)61)52-48(23-13-25-50(52)62-51)57-59-55(42-18-8-3-9-19-42)58-56(60-57)43-32-30-40(31-33-43)38-16-6-2-7-17-38/h1-36,56-57,60H,(H,58,59). The summed E-state index contributed by atoms with van der Waals surface area (Å²) in [7, 11) is 0. The van der Waals surface area contributed by atoms with E-state index >= 15 is 0 Å². The summed E-state index contributed by atoms with van der Waals surface area (Å²) < 4.78 is 9.22. The van der Waals surface area contributed by atoms with Crippen molar-refractivity contribution < 1.29 is 4.42 Å². The Labute approximate surface area is 359 Å². The first-order valence-corrected chi connectivity index (χ1v) is 21.2. The minimum absolute atomic E-state index is 0.207. The number of nitrogens with one attached hydrogen (secondary N) is 2. The molecule has 62 heavy (non-hydrogen) atoms. The Morgan fingerprint density at radius 1 is 0.435 bits per heavy atom. The third-order valence-corrected chi connectivity index (χ3v) is 12.3. The van der Waals surface area contributed by atoms with Gasteiger partial charge in [0, 0.05) is 33.0 Å². The highest BCUT2D eigenvalue weighted by molar-refractivity contribution is 6.25. The Balaban J connectivity index is 1.02. The van der Waals surface area contributed by atoms with Gasteiger partial charge in [0.2, 0.25) is 0 Å². The molecule has 0 bridgehead atoms. The molecule has 0 fully saturated rings. The molecule has 1 aliphatic heterocycles. The summed E-state index contributed by atoms with van der Waals surface area (Å²) in [5.74, 6) is 0.837. The predicted molar refractivity (Wildman–Crippen MR) is 256 cm³/mol. The number of hydrogen-bond acceptors (Lipinski definition) is 4. The molecule has 5 heteroatoms. The summed E-state index contributed by atoms with van der Waals surface area (Å²) in [5, 5.41) is 12.1. The van der Waals surface area contributed by atoms with Gasteiger partial charge in [0.15, 0.2) is 0 Å². The maximum atomic E-state index is 6.79. The van der Waals surface area contributed by atoms with E-state index in [1.54, 1.807) is 0 Å². The Morgan fingerprint density at radius 2 is 1.00 bits per heavy atom. The van der Waals surface area contributed by atoms with Crippen molar-refractivity contribution in [1.82, 2.24) is 15.2 Å². The van der Waals surface area contributed by atoms with Crippen LogP contribution in [0.5, 0.6) is 0 Å². The molecule has 0 amide bonds. The van der Waals surface area contributed by atoms with E-state index in [-0.39, 0.29) is 12.3 Å². The topological polar surface area (TPSA) is 54.5 Å². The number of furan rings is 1.